The number of morpholine rings is 1. The molecule has 2 aliphatic rings. The molecular weight excluding hydrogens is 378 g/mol. The number of rotatable bonds is 6. The third-order valence-corrected chi connectivity index (χ3v) is 7.19. The predicted octanol–water partition coefficient (Wildman–Crippen LogP) is 1.70. The van der Waals surface area contributed by atoms with Crippen LogP contribution in [0.25, 0.3) is 0 Å². The average Bonchev–Trinajstić information content (AvgIpc) is 2.68. The number of nitrogens with zero attached hydrogens (tertiary/aromatic N) is 2. The van der Waals surface area contributed by atoms with E-state index in [4.69, 9.17) is 4.74 Å². The highest BCUT2D eigenvalue weighted by Gasteiger charge is 2.26. The van der Waals surface area contributed by atoms with Crippen LogP contribution < -0.4 is 5.32 Å². The summed E-state index contributed by atoms with van der Waals surface area (Å²) in [6, 6.07) is 6.24. The second-order valence-corrected chi connectivity index (χ2v) is 9.70. The van der Waals surface area contributed by atoms with E-state index in [-0.39, 0.29) is 23.0 Å². The zero-order valence-electron chi connectivity index (χ0n) is 16.8. The van der Waals surface area contributed by atoms with E-state index in [0.29, 0.717) is 25.2 Å². The maximum atomic E-state index is 12.7. The molecule has 2 heterocycles. The van der Waals surface area contributed by atoms with E-state index in [1.807, 2.05) is 0 Å². The van der Waals surface area contributed by atoms with Gasteiger partial charge in [-0.2, -0.15) is 4.31 Å². The summed E-state index contributed by atoms with van der Waals surface area (Å²) < 4.78 is 32.6. The summed E-state index contributed by atoms with van der Waals surface area (Å²) in [6.45, 7) is 8.30. The van der Waals surface area contributed by atoms with Gasteiger partial charge in [0.2, 0.25) is 10.0 Å². The van der Waals surface area contributed by atoms with Crippen LogP contribution in [0.5, 0.6) is 0 Å². The van der Waals surface area contributed by atoms with Crippen LogP contribution in [0, 0.1) is 0 Å². The quantitative estimate of drug-likeness (QED) is 0.774. The fourth-order valence-electron chi connectivity index (χ4n) is 3.93. The van der Waals surface area contributed by atoms with Crippen LogP contribution in [0.4, 0.5) is 0 Å². The number of hydrogen-bond donors (Lipinski definition) is 1. The number of sulfonamides is 1. The Balaban J connectivity index is 1.52. The van der Waals surface area contributed by atoms with Gasteiger partial charge in [-0.1, -0.05) is 6.42 Å². The molecule has 2 aliphatic heterocycles. The molecule has 1 N–H and O–H groups in total. The Morgan fingerprint density at radius 1 is 1.07 bits per heavy atom. The molecule has 156 valence electrons. The average molecular weight is 410 g/mol. The van der Waals surface area contributed by atoms with Gasteiger partial charge in [0.1, 0.15) is 0 Å². The Morgan fingerprint density at radius 3 is 2.29 bits per heavy atom. The Bertz CT molecular complexity index is 750. The minimum Gasteiger partial charge on any atom is -0.373 e. The zero-order chi connectivity index (χ0) is 20.1. The number of benzene rings is 1. The molecule has 0 aliphatic carbocycles. The van der Waals surface area contributed by atoms with E-state index in [1.54, 1.807) is 12.1 Å². The monoisotopic (exact) mass is 409 g/mol. The lowest BCUT2D eigenvalue weighted by Crippen LogP contribution is -2.47. The highest BCUT2D eigenvalue weighted by molar-refractivity contribution is 7.89. The number of nitrogens with one attached hydrogen (secondary N) is 1. The molecule has 2 fully saturated rings. The summed E-state index contributed by atoms with van der Waals surface area (Å²) in [5.74, 6) is -0.184. The number of hydrogen-bond acceptors (Lipinski definition) is 5. The van der Waals surface area contributed by atoms with Crippen molar-refractivity contribution in [3.63, 3.8) is 0 Å². The van der Waals surface area contributed by atoms with E-state index in [1.165, 1.54) is 16.4 Å². The summed E-state index contributed by atoms with van der Waals surface area (Å²) in [6.07, 6.45) is 3.29. The highest BCUT2D eigenvalue weighted by atomic mass is 32.2. The molecule has 2 unspecified atom stereocenters. The molecular formula is C20H31N3O4S. The van der Waals surface area contributed by atoms with Gasteiger partial charge in [0.25, 0.3) is 5.91 Å². The molecule has 28 heavy (non-hydrogen) atoms. The normalized spacial score (nSPS) is 24.8. The van der Waals surface area contributed by atoms with Gasteiger partial charge in [-0.3, -0.25) is 9.69 Å². The minimum absolute atomic E-state index is 0.184. The third kappa shape index (κ3) is 5.31. The number of piperidine rings is 1. The van der Waals surface area contributed by atoms with E-state index < -0.39 is 10.0 Å². The predicted molar refractivity (Wildman–Crippen MR) is 108 cm³/mol. The lowest BCUT2D eigenvalue weighted by Gasteiger charge is -2.35. The van der Waals surface area contributed by atoms with Crippen molar-refractivity contribution in [3.8, 4) is 0 Å². The van der Waals surface area contributed by atoms with Gasteiger partial charge in [0.15, 0.2) is 0 Å². The Hall–Kier alpha value is -1.48. The van der Waals surface area contributed by atoms with Crippen molar-refractivity contribution in [2.45, 2.75) is 50.2 Å². The number of carbonyl (C=O) groups is 1. The van der Waals surface area contributed by atoms with Crippen molar-refractivity contribution < 1.29 is 17.9 Å². The van der Waals surface area contributed by atoms with E-state index in [9.17, 15) is 13.2 Å². The highest BCUT2D eigenvalue weighted by Crippen LogP contribution is 2.20. The molecule has 0 saturated carbocycles. The van der Waals surface area contributed by atoms with Gasteiger partial charge in [0.05, 0.1) is 17.1 Å². The first kappa shape index (κ1) is 21.2. The van der Waals surface area contributed by atoms with Crippen LogP contribution in [0.2, 0.25) is 0 Å². The Morgan fingerprint density at radius 2 is 1.68 bits per heavy atom. The molecule has 3 rings (SSSR count). The van der Waals surface area contributed by atoms with E-state index in [2.05, 4.69) is 24.1 Å². The molecule has 1 amide bonds. The molecule has 2 atom stereocenters. The van der Waals surface area contributed by atoms with Gasteiger partial charge in [-0.15, -0.1) is 0 Å². The molecule has 0 spiro atoms. The SMILES string of the molecule is CC1CN(CCNC(=O)c2ccc(S(=O)(=O)N3CCCCC3)cc2)CC(C)O1. The van der Waals surface area contributed by atoms with Gasteiger partial charge < -0.3 is 10.1 Å². The van der Waals surface area contributed by atoms with Crippen LogP contribution in [0.15, 0.2) is 29.2 Å². The van der Waals surface area contributed by atoms with Crippen molar-refractivity contribution in [1.82, 2.24) is 14.5 Å². The molecule has 0 aromatic heterocycles. The van der Waals surface area contributed by atoms with Crippen molar-refractivity contribution >= 4 is 15.9 Å². The van der Waals surface area contributed by atoms with Crippen LogP contribution in [-0.4, -0.2) is 75.0 Å². The lowest BCUT2D eigenvalue weighted by molar-refractivity contribution is -0.0672. The van der Waals surface area contributed by atoms with Crippen LogP contribution in [0.3, 0.4) is 0 Å². The first-order chi connectivity index (χ1) is 13.4. The largest absolute Gasteiger partial charge is 0.373 e. The lowest BCUT2D eigenvalue weighted by atomic mass is 10.2. The van der Waals surface area contributed by atoms with E-state index >= 15 is 0 Å². The maximum Gasteiger partial charge on any atom is 0.251 e. The second kappa shape index (κ2) is 9.35. The standard InChI is InChI=1S/C20H31N3O4S/c1-16-14-22(15-17(2)27-16)13-10-21-20(24)18-6-8-19(9-7-18)28(25,26)23-11-4-3-5-12-23/h6-9,16-17H,3-5,10-15H2,1-2H3,(H,21,24). The number of ether oxygens (including phenoxy) is 1. The van der Waals surface area contributed by atoms with Crippen molar-refractivity contribution in [1.29, 1.82) is 0 Å². The molecule has 1 aromatic rings. The first-order valence-electron chi connectivity index (χ1n) is 10.1. The topological polar surface area (TPSA) is 79.0 Å². The summed E-state index contributed by atoms with van der Waals surface area (Å²) in [7, 11) is -3.46. The van der Waals surface area contributed by atoms with Crippen molar-refractivity contribution in [3.05, 3.63) is 29.8 Å². The number of amides is 1. The van der Waals surface area contributed by atoms with Gasteiger partial charge in [0, 0.05) is 44.8 Å². The van der Waals surface area contributed by atoms with Crippen molar-refractivity contribution in [2.75, 3.05) is 39.3 Å². The first-order valence-corrected chi connectivity index (χ1v) is 11.6. The Labute approximate surface area is 168 Å². The number of carbonyl (C=O) groups excluding carboxylic acids is 1. The van der Waals surface area contributed by atoms with Crippen LogP contribution in [-0.2, 0) is 14.8 Å². The smallest absolute Gasteiger partial charge is 0.251 e. The molecule has 0 radical (unpaired) electrons. The molecule has 2 saturated heterocycles. The fraction of sp³-hybridized carbons (Fsp3) is 0.650. The third-order valence-electron chi connectivity index (χ3n) is 5.28. The molecule has 7 nitrogen and oxygen atoms in total. The fourth-order valence-corrected chi connectivity index (χ4v) is 5.45. The Kier molecular flexibility index (Phi) is 7.09. The van der Waals surface area contributed by atoms with Crippen LogP contribution in [0.1, 0.15) is 43.5 Å². The summed E-state index contributed by atoms with van der Waals surface area (Å²) >= 11 is 0. The van der Waals surface area contributed by atoms with Crippen LogP contribution >= 0.6 is 0 Å². The van der Waals surface area contributed by atoms with Gasteiger partial charge in [-0.25, -0.2) is 8.42 Å². The summed E-state index contributed by atoms with van der Waals surface area (Å²) in [4.78, 5) is 14.9. The summed E-state index contributed by atoms with van der Waals surface area (Å²) in [5, 5.41) is 2.92. The summed E-state index contributed by atoms with van der Waals surface area (Å²) in [5.41, 5.74) is 0.473. The van der Waals surface area contributed by atoms with Gasteiger partial charge in [-0.05, 0) is 51.0 Å². The van der Waals surface area contributed by atoms with Crippen molar-refractivity contribution in [2.24, 2.45) is 0 Å². The molecule has 0 bridgehead atoms. The van der Waals surface area contributed by atoms with E-state index in [0.717, 1.165) is 38.9 Å². The maximum absolute atomic E-state index is 12.7. The minimum atomic E-state index is -3.46. The zero-order valence-corrected chi connectivity index (χ0v) is 17.6. The molecule has 1 aromatic carbocycles. The van der Waals surface area contributed by atoms with Gasteiger partial charge >= 0.3 is 0 Å². The second-order valence-electron chi connectivity index (χ2n) is 7.76. The molecule has 8 heteroatoms.